The Morgan fingerprint density at radius 2 is 2.05 bits per heavy atom. The molecule has 1 saturated heterocycles. The van der Waals surface area contributed by atoms with Gasteiger partial charge in [0.15, 0.2) is 4.75 Å². The van der Waals surface area contributed by atoms with Crippen LogP contribution in [0.2, 0.25) is 0 Å². The third-order valence-corrected chi connectivity index (χ3v) is 5.71. The molecular weight excluding hydrogens is 298 g/mol. The number of aromatic carboxylic acids is 1. The highest BCUT2D eigenvalue weighted by Gasteiger charge is 2.59. The van der Waals surface area contributed by atoms with Crippen molar-refractivity contribution >= 4 is 21.9 Å². The molecule has 8 heteroatoms. The van der Waals surface area contributed by atoms with Crippen molar-refractivity contribution in [3.63, 3.8) is 0 Å². The molecule has 2 rings (SSSR count). The molecule has 1 aliphatic heterocycles. The van der Waals surface area contributed by atoms with Gasteiger partial charge in [-0.15, -0.1) is 0 Å². The topological polar surface area (TPSA) is 101 Å². The monoisotopic (exact) mass is 313 g/mol. The Morgan fingerprint density at radius 3 is 2.62 bits per heavy atom. The van der Waals surface area contributed by atoms with E-state index in [1.54, 1.807) is 6.07 Å². The molecule has 7 nitrogen and oxygen atoms in total. The molecule has 114 valence electrons. The number of carboxylic acids is 1. The summed E-state index contributed by atoms with van der Waals surface area (Å²) in [4.78, 5) is 22.5. The minimum atomic E-state index is -3.62. The minimum absolute atomic E-state index is 0.0376. The smallest absolute Gasteiger partial charge is 0.335 e. The van der Waals surface area contributed by atoms with Crippen molar-refractivity contribution < 1.29 is 27.9 Å². The fourth-order valence-electron chi connectivity index (χ4n) is 1.94. The molecule has 0 saturated carbocycles. The van der Waals surface area contributed by atoms with Gasteiger partial charge in [0, 0.05) is 0 Å². The van der Waals surface area contributed by atoms with E-state index in [-0.39, 0.29) is 18.7 Å². The summed E-state index contributed by atoms with van der Waals surface area (Å²) >= 11 is 0. The van der Waals surface area contributed by atoms with E-state index in [2.05, 4.69) is 0 Å². The van der Waals surface area contributed by atoms with E-state index in [0.29, 0.717) is 5.75 Å². The Morgan fingerprint density at radius 1 is 1.38 bits per heavy atom. The summed E-state index contributed by atoms with van der Waals surface area (Å²) in [7, 11) is -3.62. The number of rotatable bonds is 5. The summed E-state index contributed by atoms with van der Waals surface area (Å²) in [6, 6.07) is 5.83. The molecule has 1 aromatic rings. The zero-order chi connectivity index (χ0) is 15.8. The number of sulfonamides is 1. The summed E-state index contributed by atoms with van der Waals surface area (Å²) < 4.78 is 28.4. The molecule has 1 heterocycles. The lowest BCUT2D eigenvalue weighted by atomic mass is 10.2. The van der Waals surface area contributed by atoms with Crippen LogP contribution in [0.25, 0.3) is 0 Å². The molecule has 21 heavy (non-hydrogen) atoms. The van der Waals surface area contributed by atoms with Crippen LogP contribution in [0.15, 0.2) is 24.3 Å². The lowest BCUT2D eigenvalue weighted by Gasteiger charge is -2.42. The predicted molar refractivity (Wildman–Crippen MR) is 73.6 cm³/mol. The lowest BCUT2D eigenvalue weighted by molar-refractivity contribution is -0.132. The van der Waals surface area contributed by atoms with E-state index in [1.807, 2.05) is 0 Å². The first-order chi connectivity index (χ1) is 9.68. The Kier molecular flexibility index (Phi) is 3.66. The second-order valence-electron chi connectivity index (χ2n) is 5.07. The maximum absolute atomic E-state index is 11.8. The van der Waals surface area contributed by atoms with Gasteiger partial charge in [0.25, 0.3) is 15.9 Å². The van der Waals surface area contributed by atoms with Crippen LogP contribution in [-0.2, 0) is 14.8 Å². The lowest BCUT2D eigenvalue weighted by Crippen LogP contribution is -2.67. The average Bonchev–Trinajstić information content (AvgIpc) is 2.42. The number of carbonyl (C=O) groups excluding carboxylic acids is 1. The van der Waals surface area contributed by atoms with Crippen molar-refractivity contribution in [3.8, 4) is 5.75 Å². The van der Waals surface area contributed by atoms with Crippen LogP contribution in [0.4, 0.5) is 0 Å². The molecule has 0 aromatic heterocycles. The zero-order valence-corrected chi connectivity index (χ0v) is 12.4. The molecule has 1 N–H and O–H groups in total. The summed E-state index contributed by atoms with van der Waals surface area (Å²) in [5.74, 6) is -1.24. The van der Waals surface area contributed by atoms with Crippen molar-refractivity contribution in [2.45, 2.75) is 18.6 Å². The Balaban J connectivity index is 1.96. The number of hydrogen-bond acceptors (Lipinski definition) is 5. The van der Waals surface area contributed by atoms with Crippen molar-refractivity contribution in [3.05, 3.63) is 29.8 Å². The maximum atomic E-state index is 11.8. The van der Waals surface area contributed by atoms with Gasteiger partial charge in [-0.05, 0) is 32.0 Å². The van der Waals surface area contributed by atoms with E-state index in [9.17, 15) is 18.0 Å². The molecular formula is C13H15NO6S. The van der Waals surface area contributed by atoms with Crippen LogP contribution in [-0.4, -0.2) is 47.6 Å². The molecule has 0 bridgehead atoms. The van der Waals surface area contributed by atoms with E-state index >= 15 is 0 Å². The summed E-state index contributed by atoms with van der Waals surface area (Å²) in [5, 5.41) is 8.84. The van der Waals surface area contributed by atoms with Crippen molar-refractivity contribution in [1.29, 1.82) is 0 Å². The first-order valence-electron chi connectivity index (χ1n) is 6.21. The van der Waals surface area contributed by atoms with Crippen molar-refractivity contribution in [2.75, 3.05) is 13.2 Å². The Bertz CT molecular complexity index is 694. The van der Waals surface area contributed by atoms with Gasteiger partial charge < -0.3 is 9.84 Å². The standard InChI is InChI=1S/C13H15NO6S/c1-13(2)12(17)14(21(13,18)19)6-7-20-10-5-3-4-9(8-10)11(15)16/h3-5,8H,6-7H2,1-2H3,(H,15,16). The fraction of sp³-hybridized carbons (Fsp3) is 0.385. The van der Waals surface area contributed by atoms with Crippen LogP contribution >= 0.6 is 0 Å². The molecule has 0 spiro atoms. The van der Waals surface area contributed by atoms with E-state index < -0.39 is 26.6 Å². The highest BCUT2D eigenvalue weighted by molar-refractivity contribution is 7.94. The molecule has 1 aromatic carbocycles. The first kappa shape index (κ1) is 15.3. The summed E-state index contributed by atoms with van der Waals surface area (Å²) in [6.45, 7) is 2.59. The number of amides is 1. The third-order valence-electron chi connectivity index (χ3n) is 3.32. The van der Waals surface area contributed by atoms with Crippen LogP contribution in [0, 0.1) is 0 Å². The first-order valence-corrected chi connectivity index (χ1v) is 7.65. The largest absolute Gasteiger partial charge is 0.492 e. The quantitative estimate of drug-likeness (QED) is 0.859. The Hall–Kier alpha value is -2.09. The van der Waals surface area contributed by atoms with Gasteiger partial charge in [0.2, 0.25) is 0 Å². The second-order valence-corrected chi connectivity index (χ2v) is 7.49. The van der Waals surface area contributed by atoms with E-state index in [4.69, 9.17) is 9.84 Å². The SMILES string of the molecule is CC1(C)C(=O)N(CCOc2cccc(C(=O)O)c2)S1(=O)=O. The molecule has 0 radical (unpaired) electrons. The summed E-state index contributed by atoms with van der Waals surface area (Å²) in [6.07, 6.45) is 0. The molecule has 1 fully saturated rings. The molecule has 0 aliphatic carbocycles. The highest BCUT2D eigenvalue weighted by Crippen LogP contribution is 2.34. The van der Waals surface area contributed by atoms with Crippen LogP contribution in [0.3, 0.4) is 0 Å². The average molecular weight is 313 g/mol. The van der Waals surface area contributed by atoms with Gasteiger partial charge in [-0.2, -0.15) is 0 Å². The van der Waals surface area contributed by atoms with Gasteiger partial charge in [-0.1, -0.05) is 6.07 Å². The molecule has 0 atom stereocenters. The molecule has 0 unspecified atom stereocenters. The zero-order valence-electron chi connectivity index (χ0n) is 11.6. The number of carboxylic acid groups (broad SMARTS) is 1. The van der Waals surface area contributed by atoms with Gasteiger partial charge in [-0.25, -0.2) is 17.5 Å². The molecule has 1 amide bonds. The fourth-order valence-corrected chi connectivity index (χ4v) is 3.45. The molecule has 1 aliphatic rings. The van der Waals surface area contributed by atoms with Gasteiger partial charge in [0.1, 0.15) is 12.4 Å². The van der Waals surface area contributed by atoms with Crippen molar-refractivity contribution in [1.82, 2.24) is 4.31 Å². The van der Waals surface area contributed by atoms with E-state index in [1.165, 1.54) is 32.0 Å². The summed E-state index contributed by atoms with van der Waals surface area (Å²) in [5.41, 5.74) is 0.0706. The van der Waals surface area contributed by atoms with Gasteiger partial charge in [-0.3, -0.25) is 4.79 Å². The normalized spacial score (nSPS) is 19.0. The van der Waals surface area contributed by atoms with Gasteiger partial charge in [0.05, 0.1) is 12.1 Å². The van der Waals surface area contributed by atoms with Crippen LogP contribution in [0.5, 0.6) is 5.75 Å². The number of carbonyl (C=O) groups is 2. The minimum Gasteiger partial charge on any atom is -0.492 e. The highest BCUT2D eigenvalue weighted by atomic mass is 32.2. The maximum Gasteiger partial charge on any atom is 0.335 e. The van der Waals surface area contributed by atoms with Crippen LogP contribution < -0.4 is 4.74 Å². The Labute approximate surface area is 122 Å². The number of nitrogens with zero attached hydrogens (tertiary/aromatic N) is 1. The van der Waals surface area contributed by atoms with E-state index in [0.717, 1.165) is 4.31 Å². The van der Waals surface area contributed by atoms with Crippen molar-refractivity contribution in [2.24, 2.45) is 0 Å². The third kappa shape index (κ3) is 2.46. The number of hydrogen-bond donors (Lipinski definition) is 1. The number of ether oxygens (including phenoxy) is 1. The number of benzene rings is 1. The predicted octanol–water partition coefficient (Wildman–Crippen LogP) is 0.714. The van der Waals surface area contributed by atoms with Crippen LogP contribution in [0.1, 0.15) is 24.2 Å². The second kappa shape index (κ2) is 5.03. The van der Waals surface area contributed by atoms with Gasteiger partial charge >= 0.3 is 5.97 Å².